The minimum absolute atomic E-state index is 0. The Morgan fingerprint density at radius 3 is 0.519 bits per heavy atom. The van der Waals surface area contributed by atoms with E-state index in [4.69, 9.17) is 0 Å². The van der Waals surface area contributed by atoms with Crippen molar-refractivity contribution >= 4 is 17.9 Å². The van der Waals surface area contributed by atoms with Crippen molar-refractivity contribution in [1.29, 1.82) is 0 Å². The Morgan fingerprint density at radius 2 is 0.423 bits per heavy atom. The molecule has 0 bridgehead atoms. The molecule has 0 aliphatic heterocycles. The third kappa shape index (κ3) is 8.88. The molecule has 0 atom stereocenters. The number of aliphatic hydroxyl groups is 3. The van der Waals surface area contributed by atoms with Gasteiger partial charge in [-0.3, -0.25) is 0 Å². The van der Waals surface area contributed by atoms with Crippen LogP contribution in [0.3, 0.4) is 0 Å². The Kier molecular flexibility index (Phi) is 14.3. The van der Waals surface area contributed by atoms with Crippen molar-refractivity contribution in [3.8, 4) is 0 Å². The van der Waals surface area contributed by atoms with Crippen LogP contribution >= 0.6 is 0 Å². The van der Waals surface area contributed by atoms with Crippen molar-refractivity contribution in [1.82, 2.24) is 0 Å². The maximum atomic E-state index is 11.3. The van der Waals surface area contributed by atoms with Crippen LogP contribution in [0.2, 0.25) is 0 Å². The number of aliphatic carboxylic acids is 3. The van der Waals surface area contributed by atoms with Crippen LogP contribution in [-0.2, 0) is 48.0 Å². The zero-order valence-electron chi connectivity index (χ0n) is 27.4. The fraction of sp³-hybridized carbons (Fsp3) is 0.0714. The normalized spacial score (nSPS) is 10.9. The van der Waals surface area contributed by atoms with Crippen LogP contribution in [0.5, 0.6) is 0 Å². The number of hydrogen-bond donors (Lipinski definition) is 3. The minimum atomic E-state index is -2.11. The minimum Gasteiger partial charge on any atom is -0.546 e. The van der Waals surface area contributed by atoms with Gasteiger partial charge in [-0.05, 0) is 33.4 Å². The zero-order chi connectivity index (χ0) is 36.9. The summed E-state index contributed by atoms with van der Waals surface area (Å²) < 4.78 is 0. The predicted octanol–water partition coefficient (Wildman–Crippen LogP) is 2.01. The number of benzene rings is 6. The molecule has 0 fully saturated rings. The van der Waals surface area contributed by atoms with Crippen molar-refractivity contribution < 1.29 is 61.8 Å². The topological polar surface area (TPSA) is 181 Å². The average molecular weight is 741 g/mol. The third-order valence-electron chi connectivity index (χ3n) is 8.04. The van der Waals surface area contributed by atoms with Crippen LogP contribution < -0.4 is 15.3 Å². The van der Waals surface area contributed by atoms with Gasteiger partial charge in [0.2, 0.25) is 0 Å². The molecule has 0 heterocycles. The third-order valence-corrected chi connectivity index (χ3v) is 8.04. The van der Waals surface area contributed by atoms with E-state index in [0.29, 0.717) is 0 Å². The van der Waals surface area contributed by atoms with Gasteiger partial charge < -0.3 is 45.0 Å². The maximum Gasteiger partial charge on any atom is 3.00 e. The van der Waals surface area contributed by atoms with Gasteiger partial charge in [-0.15, -0.1) is 0 Å². The number of carboxylic acid groups (broad SMARTS) is 3. The van der Waals surface area contributed by atoms with Crippen LogP contribution in [0.25, 0.3) is 0 Å². The Balaban J connectivity index is 0.000000208. The van der Waals surface area contributed by atoms with Gasteiger partial charge in [0.05, 0.1) is 17.9 Å². The van der Waals surface area contributed by atoms with Gasteiger partial charge in [0, 0.05) is 0 Å². The van der Waals surface area contributed by atoms with E-state index in [1.165, 1.54) is 0 Å². The first kappa shape index (κ1) is 40.5. The molecule has 6 aromatic carbocycles. The first-order valence-electron chi connectivity index (χ1n) is 15.6. The molecule has 0 unspecified atom stereocenters. The molecule has 0 saturated carbocycles. The smallest absolute Gasteiger partial charge is 0.546 e. The van der Waals surface area contributed by atoms with Crippen molar-refractivity contribution in [3.05, 3.63) is 215 Å². The molecule has 0 aliphatic carbocycles. The summed E-state index contributed by atoms with van der Waals surface area (Å²) in [5.41, 5.74) is -4.62. The van der Waals surface area contributed by atoms with Crippen LogP contribution in [-0.4, -0.2) is 33.2 Å². The second-order valence-corrected chi connectivity index (χ2v) is 11.2. The zero-order valence-corrected chi connectivity index (χ0v) is 28.5. The standard InChI is InChI=1S/3C14H12O3.Co/c3*15-13(16)14(17,11-7-3-1-4-8-11)12-9-5-2-6-10-12;/h3*1-10,17H,(H,15,16);/q;;;+3/p-3. The summed E-state index contributed by atoms with van der Waals surface area (Å²) in [6.45, 7) is 0. The van der Waals surface area contributed by atoms with Crippen LogP contribution in [0.15, 0.2) is 182 Å². The molecule has 0 spiro atoms. The molecule has 9 nitrogen and oxygen atoms in total. The molecule has 0 radical (unpaired) electrons. The molecule has 3 N–H and O–H groups in total. The van der Waals surface area contributed by atoms with E-state index >= 15 is 0 Å². The monoisotopic (exact) mass is 740 g/mol. The molecule has 0 aliphatic rings. The van der Waals surface area contributed by atoms with Crippen molar-refractivity contribution in [2.45, 2.75) is 16.8 Å². The summed E-state index contributed by atoms with van der Waals surface area (Å²) in [7, 11) is 0. The summed E-state index contributed by atoms with van der Waals surface area (Å²) in [5, 5.41) is 64.9. The van der Waals surface area contributed by atoms with E-state index in [2.05, 4.69) is 0 Å². The van der Waals surface area contributed by atoms with Gasteiger partial charge in [0.15, 0.2) is 16.8 Å². The van der Waals surface area contributed by atoms with Gasteiger partial charge >= 0.3 is 16.8 Å². The first-order chi connectivity index (χ1) is 24.5. The number of carbonyl (C=O) groups is 3. The average Bonchev–Trinajstić information content (AvgIpc) is 3.19. The summed E-state index contributed by atoms with van der Waals surface area (Å²) >= 11 is 0. The van der Waals surface area contributed by atoms with Crippen molar-refractivity contribution in [2.24, 2.45) is 0 Å². The molecule has 10 heteroatoms. The van der Waals surface area contributed by atoms with E-state index in [9.17, 15) is 45.0 Å². The number of carbonyl (C=O) groups excluding carboxylic acids is 3. The van der Waals surface area contributed by atoms with Crippen LogP contribution in [0, 0.1) is 0 Å². The summed E-state index contributed by atoms with van der Waals surface area (Å²) in [6, 6.07) is 49.3. The fourth-order valence-corrected chi connectivity index (χ4v) is 5.28. The van der Waals surface area contributed by atoms with Gasteiger partial charge in [0.25, 0.3) is 0 Å². The number of carboxylic acids is 3. The second-order valence-electron chi connectivity index (χ2n) is 11.2. The predicted molar refractivity (Wildman–Crippen MR) is 183 cm³/mol. The Labute approximate surface area is 310 Å². The summed E-state index contributed by atoms with van der Waals surface area (Å²) in [5.74, 6) is -4.60. The van der Waals surface area contributed by atoms with E-state index in [0.717, 1.165) is 0 Å². The van der Waals surface area contributed by atoms with E-state index in [1.54, 1.807) is 182 Å². The molecule has 6 rings (SSSR count). The van der Waals surface area contributed by atoms with E-state index in [1.807, 2.05) is 0 Å². The van der Waals surface area contributed by atoms with Crippen LogP contribution in [0.4, 0.5) is 0 Å². The molecule has 0 aromatic heterocycles. The molecular formula is C42H33CoO9. The van der Waals surface area contributed by atoms with Crippen LogP contribution in [0.1, 0.15) is 33.4 Å². The Bertz CT molecular complexity index is 1640. The van der Waals surface area contributed by atoms with Crippen molar-refractivity contribution in [2.75, 3.05) is 0 Å². The molecule has 6 aromatic rings. The quantitative estimate of drug-likeness (QED) is 0.200. The number of hydrogen-bond acceptors (Lipinski definition) is 9. The molecule has 0 amide bonds. The Hall–Kier alpha value is -5.88. The van der Waals surface area contributed by atoms with Gasteiger partial charge in [-0.25, -0.2) is 0 Å². The molecule has 0 saturated heterocycles. The maximum absolute atomic E-state index is 11.3. The van der Waals surface area contributed by atoms with E-state index in [-0.39, 0.29) is 50.2 Å². The molecule has 52 heavy (non-hydrogen) atoms. The molecule has 264 valence electrons. The first-order valence-corrected chi connectivity index (χ1v) is 15.6. The van der Waals surface area contributed by atoms with E-state index < -0.39 is 34.7 Å². The van der Waals surface area contributed by atoms with Crippen molar-refractivity contribution in [3.63, 3.8) is 0 Å². The second kappa shape index (κ2) is 18.4. The van der Waals surface area contributed by atoms with Gasteiger partial charge in [-0.2, -0.15) is 0 Å². The SMILES string of the molecule is O=C([O-])C(O)(c1ccccc1)c1ccccc1.O=C([O-])C(O)(c1ccccc1)c1ccccc1.O=C([O-])C(O)(c1ccccc1)c1ccccc1.[Co+3]. The van der Waals surface area contributed by atoms with Gasteiger partial charge in [-0.1, -0.05) is 182 Å². The molecular weight excluding hydrogens is 707 g/mol. The fourth-order valence-electron chi connectivity index (χ4n) is 5.28. The Morgan fingerprint density at radius 1 is 0.308 bits per heavy atom. The summed E-state index contributed by atoms with van der Waals surface area (Å²) in [4.78, 5) is 33.8. The van der Waals surface area contributed by atoms with Gasteiger partial charge in [0.1, 0.15) is 0 Å². The number of rotatable bonds is 9. The largest absolute Gasteiger partial charge is 3.00 e. The summed E-state index contributed by atoms with van der Waals surface area (Å²) in [6.07, 6.45) is 0.